The molecule has 1 aliphatic rings. The summed E-state index contributed by atoms with van der Waals surface area (Å²) in [7, 11) is 0. The summed E-state index contributed by atoms with van der Waals surface area (Å²) in [5.74, 6) is -0.980. The molecule has 0 radical (unpaired) electrons. The van der Waals surface area contributed by atoms with Gasteiger partial charge in [-0.1, -0.05) is 12.8 Å². The molecular weight excluding hydrogens is 208 g/mol. The van der Waals surface area contributed by atoms with Gasteiger partial charge in [0, 0.05) is 12.1 Å². The Morgan fingerprint density at radius 2 is 1.69 bits per heavy atom. The van der Waals surface area contributed by atoms with Gasteiger partial charge < -0.3 is 5.32 Å². The van der Waals surface area contributed by atoms with Crippen LogP contribution in [0.3, 0.4) is 0 Å². The average Bonchev–Trinajstić information content (AvgIpc) is 2.69. The first-order chi connectivity index (χ1) is 7.74. The molecule has 1 N–H and O–H groups in total. The number of halogens is 2. The molecule has 0 amide bonds. The molecule has 16 heavy (non-hydrogen) atoms. The highest BCUT2D eigenvalue weighted by molar-refractivity contribution is 5.18. The summed E-state index contributed by atoms with van der Waals surface area (Å²) in [6.45, 7) is 0.799. The smallest absolute Gasteiger partial charge is 0.126 e. The Balaban J connectivity index is 1.80. The van der Waals surface area contributed by atoms with Crippen molar-refractivity contribution < 1.29 is 8.78 Å². The zero-order valence-electron chi connectivity index (χ0n) is 9.31. The molecule has 1 saturated carbocycles. The lowest BCUT2D eigenvalue weighted by Gasteiger charge is -2.11. The van der Waals surface area contributed by atoms with Crippen LogP contribution >= 0.6 is 0 Å². The Bertz CT molecular complexity index is 326. The summed E-state index contributed by atoms with van der Waals surface area (Å²) >= 11 is 0. The van der Waals surface area contributed by atoms with Gasteiger partial charge in [0.2, 0.25) is 0 Å². The van der Waals surface area contributed by atoms with E-state index < -0.39 is 11.6 Å². The molecule has 1 fully saturated rings. The van der Waals surface area contributed by atoms with Gasteiger partial charge in [-0.25, -0.2) is 8.78 Å². The molecule has 1 aromatic rings. The second kappa shape index (κ2) is 5.39. The van der Waals surface area contributed by atoms with E-state index in [0.29, 0.717) is 12.5 Å². The van der Waals surface area contributed by atoms with E-state index in [2.05, 4.69) is 5.32 Å². The van der Waals surface area contributed by atoms with Crippen molar-refractivity contribution >= 4 is 0 Å². The van der Waals surface area contributed by atoms with Crippen LogP contribution in [0.5, 0.6) is 0 Å². The molecule has 3 heteroatoms. The van der Waals surface area contributed by atoms with Gasteiger partial charge in [0.25, 0.3) is 0 Å². The van der Waals surface area contributed by atoms with Gasteiger partial charge in [-0.2, -0.15) is 0 Å². The van der Waals surface area contributed by atoms with Crippen molar-refractivity contribution in [3.8, 4) is 0 Å². The van der Waals surface area contributed by atoms with Gasteiger partial charge in [-0.15, -0.1) is 0 Å². The SMILES string of the molecule is Fc1cc(F)cc(CCNC2CCCC2)c1. The van der Waals surface area contributed by atoms with Gasteiger partial charge in [0.1, 0.15) is 11.6 Å². The van der Waals surface area contributed by atoms with Crippen LogP contribution in [0.25, 0.3) is 0 Å². The number of rotatable bonds is 4. The lowest BCUT2D eigenvalue weighted by atomic mass is 10.1. The van der Waals surface area contributed by atoms with E-state index in [1.807, 2.05) is 0 Å². The fourth-order valence-corrected chi connectivity index (χ4v) is 2.31. The Kier molecular flexibility index (Phi) is 3.88. The van der Waals surface area contributed by atoms with Crippen LogP contribution in [0, 0.1) is 11.6 Å². The van der Waals surface area contributed by atoms with E-state index in [0.717, 1.165) is 18.2 Å². The van der Waals surface area contributed by atoms with E-state index in [1.165, 1.54) is 37.8 Å². The Hall–Kier alpha value is -0.960. The standard InChI is InChI=1S/C13H17F2N/c14-11-7-10(8-12(15)9-11)5-6-16-13-3-1-2-4-13/h7-9,13,16H,1-6H2. The Labute approximate surface area is 94.9 Å². The largest absolute Gasteiger partial charge is 0.314 e. The zero-order valence-corrected chi connectivity index (χ0v) is 9.31. The number of hydrogen-bond donors (Lipinski definition) is 1. The minimum absolute atomic E-state index is 0.490. The van der Waals surface area contributed by atoms with E-state index in [4.69, 9.17) is 0 Å². The molecule has 2 rings (SSSR count). The van der Waals surface area contributed by atoms with Crippen LogP contribution in [-0.4, -0.2) is 12.6 Å². The predicted molar refractivity (Wildman–Crippen MR) is 60.3 cm³/mol. The van der Waals surface area contributed by atoms with Gasteiger partial charge in [0.15, 0.2) is 0 Å². The van der Waals surface area contributed by atoms with Crippen molar-refractivity contribution in [1.29, 1.82) is 0 Å². The number of nitrogens with one attached hydrogen (secondary N) is 1. The van der Waals surface area contributed by atoms with Crippen LogP contribution < -0.4 is 5.32 Å². The fraction of sp³-hybridized carbons (Fsp3) is 0.538. The molecule has 1 aliphatic carbocycles. The summed E-state index contributed by atoms with van der Waals surface area (Å²) in [6.07, 6.45) is 5.75. The van der Waals surface area contributed by atoms with E-state index in [9.17, 15) is 8.78 Å². The van der Waals surface area contributed by atoms with Gasteiger partial charge in [-0.05, 0) is 43.5 Å². The summed E-state index contributed by atoms with van der Waals surface area (Å²) < 4.78 is 25.8. The second-order valence-electron chi connectivity index (χ2n) is 4.46. The van der Waals surface area contributed by atoms with Crippen molar-refractivity contribution in [2.75, 3.05) is 6.54 Å². The highest BCUT2D eigenvalue weighted by atomic mass is 19.1. The van der Waals surface area contributed by atoms with Crippen molar-refractivity contribution in [3.05, 3.63) is 35.4 Å². The van der Waals surface area contributed by atoms with Crippen molar-refractivity contribution in [3.63, 3.8) is 0 Å². The molecule has 0 heterocycles. The topological polar surface area (TPSA) is 12.0 Å². The molecule has 0 saturated heterocycles. The molecule has 0 aromatic heterocycles. The number of hydrogen-bond acceptors (Lipinski definition) is 1. The maximum absolute atomic E-state index is 12.9. The molecule has 0 atom stereocenters. The highest BCUT2D eigenvalue weighted by Crippen LogP contribution is 2.17. The van der Waals surface area contributed by atoms with Crippen molar-refractivity contribution in [1.82, 2.24) is 5.32 Å². The van der Waals surface area contributed by atoms with Crippen LogP contribution in [0.1, 0.15) is 31.2 Å². The van der Waals surface area contributed by atoms with E-state index in [1.54, 1.807) is 0 Å². The van der Waals surface area contributed by atoms with Crippen LogP contribution in [-0.2, 0) is 6.42 Å². The number of benzene rings is 1. The van der Waals surface area contributed by atoms with Crippen LogP contribution in [0.4, 0.5) is 8.78 Å². The minimum Gasteiger partial charge on any atom is -0.314 e. The first kappa shape index (κ1) is 11.5. The minimum atomic E-state index is -0.490. The fourth-order valence-electron chi connectivity index (χ4n) is 2.31. The van der Waals surface area contributed by atoms with Crippen molar-refractivity contribution in [2.24, 2.45) is 0 Å². The quantitative estimate of drug-likeness (QED) is 0.830. The maximum atomic E-state index is 12.9. The first-order valence-electron chi connectivity index (χ1n) is 5.92. The summed E-state index contributed by atoms with van der Waals surface area (Å²) in [5.41, 5.74) is 0.725. The Morgan fingerprint density at radius 3 is 2.31 bits per heavy atom. The molecule has 88 valence electrons. The second-order valence-corrected chi connectivity index (χ2v) is 4.46. The predicted octanol–water partition coefficient (Wildman–Crippen LogP) is 3.04. The summed E-state index contributed by atoms with van der Waals surface area (Å²) in [5, 5.41) is 3.42. The lowest BCUT2D eigenvalue weighted by Crippen LogP contribution is -2.28. The third-order valence-electron chi connectivity index (χ3n) is 3.12. The van der Waals surface area contributed by atoms with Gasteiger partial charge in [0.05, 0.1) is 0 Å². The van der Waals surface area contributed by atoms with Crippen molar-refractivity contribution in [2.45, 2.75) is 38.1 Å². The third-order valence-corrected chi connectivity index (χ3v) is 3.12. The van der Waals surface area contributed by atoms with Gasteiger partial charge in [-0.3, -0.25) is 0 Å². The maximum Gasteiger partial charge on any atom is 0.126 e. The molecule has 0 unspecified atom stereocenters. The monoisotopic (exact) mass is 225 g/mol. The average molecular weight is 225 g/mol. The van der Waals surface area contributed by atoms with Crippen LogP contribution in [0.2, 0.25) is 0 Å². The summed E-state index contributed by atoms with van der Waals surface area (Å²) in [6, 6.07) is 4.32. The molecule has 0 aliphatic heterocycles. The highest BCUT2D eigenvalue weighted by Gasteiger charge is 2.13. The third kappa shape index (κ3) is 3.27. The molecule has 1 aromatic carbocycles. The molecule has 1 nitrogen and oxygen atoms in total. The Morgan fingerprint density at radius 1 is 1.06 bits per heavy atom. The van der Waals surface area contributed by atoms with Crippen LogP contribution in [0.15, 0.2) is 18.2 Å². The van der Waals surface area contributed by atoms with E-state index >= 15 is 0 Å². The normalized spacial score (nSPS) is 16.9. The van der Waals surface area contributed by atoms with Gasteiger partial charge >= 0.3 is 0 Å². The zero-order chi connectivity index (χ0) is 11.4. The van der Waals surface area contributed by atoms with E-state index in [-0.39, 0.29) is 0 Å². The first-order valence-corrected chi connectivity index (χ1v) is 5.92. The summed E-state index contributed by atoms with van der Waals surface area (Å²) in [4.78, 5) is 0. The molecule has 0 spiro atoms. The molecular formula is C13H17F2N. The molecule has 0 bridgehead atoms. The lowest BCUT2D eigenvalue weighted by molar-refractivity contribution is 0.525.